The second-order valence-electron chi connectivity index (χ2n) is 5.10. The van der Waals surface area contributed by atoms with Crippen LogP contribution >= 0.6 is 0 Å². The van der Waals surface area contributed by atoms with Gasteiger partial charge in [0.05, 0.1) is 6.61 Å². The minimum atomic E-state index is 0.370. The number of rotatable bonds is 2. The molecular weight excluding hydrogens is 188 g/mol. The normalized spacial score (nSPS) is 32.8. The van der Waals surface area contributed by atoms with Gasteiger partial charge in [0.1, 0.15) is 0 Å². The number of piperidine rings is 1. The highest BCUT2D eigenvalue weighted by molar-refractivity contribution is 4.82. The Bertz CT molecular complexity index is 182. The smallest absolute Gasteiger partial charge is 0.0621 e. The zero-order valence-electron chi connectivity index (χ0n) is 9.82. The Morgan fingerprint density at radius 1 is 1.27 bits per heavy atom. The molecule has 2 rings (SSSR count). The average molecular weight is 212 g/mol. The van der Waals surface area contributed by atoms with Gasteiger partial charge in [0.15, 0.2) is 0 Å². The van der Waals surface area contributed by atoms with E-state index in [-0.39, 0.29) is 0 Å². The highest BCUT2D eigenvalue weighted by atomic mass is 16.5. The molecule has 2 atom stereocenters. The summed E-state index contributed by atoms with van der Waals surface area (Å²) in [4.78, 5) is 2.61. The quantitative estimate of drug-likeness (QED) is 0.748. The van der Waals surface area contributed by atoms with Gasteiger partial charge in [-0.2, -0.15) is 0 Å². The fourth-order valence-electron chi connectivity index (χ4n) is 2.82. The van der Waals surface area contributed by atoms with Crippen molar-refractivity contribution in [2.24, 2.45) is 11.7 Å². The van der Waals surface area contributed by atoms with Crippen molar-refractivity contribution in [3.05, 3.63) is 0 Å². The van der Waals surface area contributed by atoms with Crippen LogP contribution in [-0.4, -0.2) is 43.3 Å². The lowest BCUT2D eigenvalue weighted by molar-refractivity contribution is 0.00371. The van der Waals surface area contributed by atoms with Crippen LogP contribution in [0.4, 0.5) is 0 Å². The van der Waals surface area contributed by atoms with Crippen LogP contribution in [0.1, 0.15) is 32.6 Å². The summed E-state index contributed by atoms with van der Waals surface area (Å²) >= 11 is 0. The van der Waals surface area contributed by atoms with Crippen LogP contribution in [-0.2, 0) is 4.74 Å². The van der Waals surface area contributed by atoms with Crippen molar-refractivity contribution in [3.63, 3.8) is 0 Å². The van der Waals surface area contributed by atoms with Gasteiger partial charge in [0.2, 0.25) is 0 Å². The highest BCUT2D eigenvalue weighted by Gasteiger charge is 2.27. The van der Waals surface area contributed by atoms with Crippen LogP contribution in [0.25, 0.3) is 0 Å². The van der Waals surface area contributed by atoms with Crippen LogP contribution in [0, 0.1) is 5.92 Å². The molecule has 2 unspecified atom stereocenters. The number of ether oxygens (including phenoxy) is 1. The number of hydrogen-bond donors (Lipinski definition) is 1. The van der Waals surface area contributed by atoms with E-state index in [1.165, 1.54) is 38.8 Å². The average Bonchev–Trinajstić information content (AvgIpc) is 2.30. The van der Waals surface area contributed by atoms with Crippen LogP contribution < -0.4 is 5.73 Å². The monoisotopic (exact) mass is 212 g/mol. The zero-order chi connectivity index (χ0) is 10.7. The predicted molar refractivity (Wildman–Crippen MR) is 61.8 cm³/mol. The molecule has 3 heteroatoms. The van der Waals surface area contributed by atoms with E-state index < -0.39 is 0 Å². The molecule has 0 saturated carbocycles. The molecular formula is C12H24N2O. The standard InChI is InChI=1S/C12H24N2O/c1-10(13)11-4-6-14(7-5-11)12-3-2-8-15-9-12/h10-12H,2-9,13H2,1H3. The van der Waals surface area contributed by atoms with Gasteiger partial charge >= 0.3 is 0 Å². The third kappa shape index (κ3) is 2.92. The minimum Gasteiger partial charge on any atom is -0.380 e. The Hall–Kier alpha value is -0.120. The molecule has 0 radical (unpaired) electrons. The topological polar surface area (TPSA) is 38.5 Å². The molecule has 2 heterocycles. The first kappa shape index (κ1) is 11.4. The predicted octanol–water partition coefficient (Wildman–Crippen LogP) is 1.22. The maximum atomic E-state index is 5.95. The fourth-order valence-corrected chi connectivity index (χ4v) is 2.82. The molecule has 2 N–H and O–H groups in total. The fraction of sp³-hybridized carbons (Fsp3) is 1.00. The summed E-state index contributed by atoms with van der Waals surface area (Å²) in [6.45, 7) is 6.50. The van der Waals surface area contributed by atoms with Crippen LogP contribution in [0.3, 0.4) is 0 Å². The van der Waals surface area contributed by atoms with E-state index in [2.05, 4.69) is 11.8 Å². The summed E-state index contributed by atoms with van der Waals surface area (Å²) in [5.74, 6) is 0.741. The first-order chi connectivity index (χ1) is 7.27. The van der Waals surface area contributed by atoms with Crippen molar-refractivity contribution < 1.29 is 4.74 Å². The molecule has 2 saturated heterocycles. The van der Waals surface area contributed by atoms with E-state index in [1.807, 2.05) is 0 Å². The lowest BCUT2D eigenvalue weighted by Crippen LogP contribution is -2.47. The molecule has 0 aliphatic carbocycles. The van der Waals surface area contributed by atoms with E-state index in [4.69, 9.17) is 10.5 Å². The molecule has 0 bridgehead atoms. The second-order valence-corrected chi connectivity index (χ2v) is 5.10. The number of nitrogens with two attached hydrogens (primary N) is 1. The molecule has 0 aromatic heterocycles. The molecule has 88 valence electrons. The maximum absolute atomic E-state index is 5.95. The first-order valence-corrected chi connectivity index (χ1v) is 6.35. The van der Waals surface area contributed by atoms with E-state index >= 15 is 0 Å². The Kier molecular flexibility index (Phi) is 4.00. The van der Waals surface area contributed by atoms with Gasteiger partial charge in [-0.05, 0) is 51.6 Å². The van der Waals surface area contributed by atoms with Crippen molar-refractivity contribution in [1.82, 2.24) is 4.90 Å². The maximum Gasteiger partial charge on any atom is 0.0621 e. The van der Waals surface area contributed by atoms with Crippen LogP contribution in [0.2, 0.25) is 0 Å². The second kappa shape index (κ2) is 5.28. The lowest BCUT2D eigenvalue weighted by Gasteiger charge is -2.40. The van der Waals surface area contributed by atoms with Gasteiger partial charge in [-0.1, -0.05) is 0 Å². The highest BCUT2D eigenvalue weighted by Crippen LogP contribution is 2.23. The molecule has 0 amide bonds. The van der Waals surface area contributed by atoms with Gasteiger partial charge < -0.3 is 10.5 Å². The van der Waals surface area contributed by atoms with Crippen molar-refractivity contribution in [2.75, 3.05) is 26.3 Å². The third-order valence-corrected chi connectivity index (χ3v) is 3.97. The number of likely N-dealkylation sites (tertiary alicyclic amines) is 1. The van der Waals surface area contributed by atoms with Crippen molar-refractivity contribution in [3.8, 4) is 0 Å². The molecule has 2 fully saturated rings. The lowest BCUT2D eigenvalue weighted by atomic mass is 9.90. The number of hydrogen-bond acceptors (Lipinski definition) is 3. The van der Waals surface area contributed by atoms with Crippen LogP contribution in [0.5, 0.6) is 0 Å². The van der Waals surface area contributed by atoms with Crippen molar-refractivity contribution >= 4 is 0 Å². The molecule has 15 heavy (non-hydrogen) atoms. The van der Waals surface area contributed by atoms with Crippen molar-refractivity contribution in [2.45, 2.75) is 44.7 Å². The Morgan fingerprint density at radius 2 is 2.00 bits per heavy atom. The third-order valence-electron chi connectivity index (χ3n) is 3.97. The van der Waals surface area contributed by atoms with E-state index in [1.54, 1.807) is 0 Å². The Labute approximate surface area is 93.0 Å². The summed E-state index contributed by atoms with van der Waals surface area (Å²) < 4.78 is 5.54. The summed E-state index contributed by atoms with van der Waals surface area (Å²) in [5, 5.41) is 0. The van der Waals surface area contributed by atoms with Gasteiger partial charge in [-0.15, -0.1) is 0 Å². The Morgan fingerprint density at radius 3 is 2.53 bits per heavy atom. The molecule has 2 aliphatic heterocycles. The SMILES string of the molecule is CC(N)C1CCN(C2CCCOC2)CC1. The van der Waals surface area contributed by atoms with E-state index in [0.717, 1.165) is 19.1 Å². The number of nitrogens with zero attached hydrogens (tertiary/aromatic N) is 1. The van der Waals surface area contributed by atoms with Gasteiger partial charge in [-0.3, -0.25) is 4.90 Å². The van der Waals surface area contributed by atoms with Gasteiger partial charge in [0, 0.05) is 18.7 Å². The summed E-state index contributed by atoms with van der Waals surface area (Å²) in [6.07, 6.45) is 5.10. The first-order valence-electron chi connectivity index (χ1n) is 6.35. The summed E-state index contributed by atoms with van der Waals surface area (Å²) in [6, 6.07) is 1.06. The van der Waals surface area contributed by atoms with Gasteiger partial charge in [0.25, 0.3) is 0 Å². The Balaban J connectivity index is 1.77. The molecule has 0 aromatic carbocycles. The molecule has 3 nitrogen and oxygen atoms in total. The van der Waals surface area contributed by atoms with Crippen molar-refractivity contribution in [1.29, 1.82) is 0 Å². The van der Waals surface area contributed by atoms with E-state index in [9.17, 15) is 0 Å². The zero-order valence-corrected chi connectivity index (χ0v) is 9.82. The largest absolute Gasteiger partial charge is 0.380 e. The molecule has 0 aromatic rings. The summed E-state index contributed by atoms with van der Waals surface area (Å²) in [7, 11) is 0. The molecule has 0 spiro atoms. The van der Waals surface area contributed by atoms with Crippen LogP contribution in [0.15, 0.2) is 0 Å². The minimum absolute atomic E-state index is 0.370. The molecule has 2 aliphatic rings. The van der Waals surface area contributed by atoms with E-state index in [0.29, 0.717) is 12.1 Å². The van der Waals surface area contributed by atoms with Gasteiger partial charge in [-0.25, -0.2) is 0 Å². The summed E-state index contributed by atoms with van der Waals surface area (Å²) in [5.41, 5.74) is 5.95.